The first-order valence-corrected chi connectivity index (χ1v) is 9.15. The number of benzene rings is 1. The van der Waals surface area contributed by atoms with Gasteiger partial charge < -0.3 is 5.32 Å². The maximum absolute atomic E-state index is 12.9. The standard InChI is InChI=1S/C19H25N5O2/c1-4-7-16-21-22-18-19(26)23(12-17(25)20-11-10-13(2)3)14-8-5-6-9-15(14)24(16)18/h5-6,8-9,13H,4,7,10-12H2,1-3H3,(H,20,25). The van der Waals surface area contributed by atoms with Crippen LogP contribution < -0.4 is 10.9 Å². The molecule has 1 N–H and O–H groups in total. The Bertz CT molecular complexity index is 987. The molecule has 0 bridgehead atoms. The lowest BCUT2D eigenvalue weighted by atomic mass is 10.1. The van der Waals surface area contributed by atoms with Gasteiger partial charge in [-0.15, -0.1) is 10.2 Å². The highest BCUT2D eigenvalue weighted by molar-refractivity contribution is 5.82. The Kier molecular flexibility index (Phi) is 5.35. The second kappa shape index (κ2) is 7.68. The van der Waals surface area contributed by atoms with Crippen molar-refractivity contribution >= 4 is 22.6 Å². The normalized spacial score (nSPS) is 11.5. The molecule has 0 aliphatic heterocycles. The molecule has 3 rings (SSSR count). The number of carbonyl (C=O) groups excluding carboxylic acids is 1. The summed E-state index contributed by atoms with van der Waals surface area (Å²) >= 11 is 0. The molecular formula is C19H25N5O2. The molecule has 0 aliphatic carbocycles. The van der Waals surface area contributed by atoms with Gasteiger partial charge in [0.1, 0.15) is 12.4 Å². The van der Waals surface area contributed by atoms with Gasteiger partial charge in [-0.1, -0.05) is 32.9 Å². The van der Waals surface area contributed by atoms with E-state index >= 15 is 0 Å². The Labute approximate surface area is 152 Å². The maximum atomic E-state index is 12.9. The summed E-state index contributed by atoms with van der Waals surface area (Å²) in [5.41, 5.74) is 1.52. The van der Waals surface area contributed by atoms with E-state index in [9.17, 15) is 9.59 Å². The van der Waals surface area contributed by atoms with Gasteiger partial charge in [-0.3, -0.25) is 18.6 Å². The molecule has 2 heterocycles. The number of hydrogen-bond donors (Lipinski definition) is 1. The smallest absolute Gasteiger partial charge is 0.297 e. The third-order valence-corrected chi connectivity index (χ3v) is 4.40. The van der Waals surface area contributed by atoms with E-state index in [0.29, 0.717) is 18.0 Å². The first-order chi connectivity index (χ1) is 12.5. The Balaban J connectivity index is 2.04. The molecule has 26 heavy (non-hydrogen) atoms. The van der Waals surface area contributed by atoms with Crippen LogP contribution in [0.25, 0.3) is 16.7 Å². The lowest BCUT2D eigenvalue weighted by Crippen LogP contribution is -2.34. The van der Waals surface area contributed by atoms with Gasteiger partial charge in [-0.25, -0.2) is 0 Å². The summed E-state index contributed by atoms with van der Waals surface area (Å²) in [6.07, 6.45) is 2.56. The molecule has 0 saturated heterocycles. The molecule has 0 saturated carbocycles. The van der Waals surface area contributed by atoms with E-state index in [-0.39, 0.29) is 23.7 Å². The number of nitrogens with one attached hydrogen (secondary N) is 1. The minimum atomic E-state index is -0.294. The predicted octanol–water partition coefficient (Wildman–Crippen LogP) is 2.16. The molecule has 0 atom stereocenters. The van der Waals surface area contributed by atoms with Gasteiger partial charge >= 0.3 is 0 Å². The molecule has 7 heteroatoms. The van der Waals surface area contributed by atoms with Crippen LogP contribution in [0.15, 0.2) is 29.1 Å². The van der Waals surface area contributed by atoms with Crippen LogP contribution in [0, 0.1) is 5.92 Å². The predicted molar refractivity (Wildman–Crippen MR) is 101 cm³/mol. The zero-order valence-electron chi connectivity index (χ0n) is 15.5. The molecule has 3 aromatic rings. The van der Waals surface area contributed by atoms with Gasteiger partial charge in [-0.2, -0.15) is 0 Å². The number of aromatic nitrogens is 4. The van der Waals surface area contributed by atoms with Gasteiger partial charge in [-0.05, 0) is 30.9 Å². The van der Waals surface area contributed by atoms with E-state index in [2.05, 4.69) is 36.3 Å². The van der Waals surface area contributed by atoms with Crippen molar-refractivity contribution < 1.29 is 4.79 Å². The van der Waals surface area contributed by atoms with Crippen molar-refractivity contribution in [1.82, 2.24) is 24.5 Å². The number of para-hydroxylation sites is 2. The van der Waals surface area contributed by atoms with Crippen LogP contribution in [0.1, 0.15) is 39.4 Å². The number of amides is 1. The molecule has 0 aliphatic rings. The fourth-order valence-electron chi connectivity index (χ4n) is 3.06. The molecule has 0 radical (unpaired) electrons. The summed E-state index contributed by atoms with van der Waals surface area (Å²) in [5, 5.41) is 11.2. The quantitative estimate of drug-likeness (QED) is 0.704. The number of rotatable bonds is 7. The highest BCUT2D eigenvalue weighted by atomic mass is 16.2. The van der Waals surface area contributed by atoms with Crippen LogP contribution in [0.4, 0.5) is 0 Å². The van der Waals surface area contributed by atoms with Crippen molar-refractivity contribution in [2.75, 3.05) is 6.54 Å². The lowest BCUT2D eigenvalue weighted by Gasteiger charge is -2.13. The van der Waals surface area contributed by atoms with Crippen molar-refractivity contribution in [3.63, 3.8) is 0 Å². The average molecular weight is 355 g/mol. The molecule has 0 fully saturated rings. The van der Waals surface area contributed by atoms with Crippen molar-refractivity contribution in [3.8, 4) is 0 Å². The van der Waals surface area contributed by atoms with Crippen LogP contribution >= 0.6 is 0 Å². The molecule has 0 spiro atoms. The lowest BCUT2D eigenvalue weighted by molar-refractivity contribution is -0.121. The van der Waals surface area contributed by atoms with Crippen molar-refractivity contribution in [3.05, 3.63) is 40.4 Å². The second-order valence-corrected chi connectivity index (χ2v) is 6.94. The minimum absolute atomic E-state index is 0.0239. The van der Waals surface area contributed by atoms with Gasteiger partial charge in [0.15, 0.2) is 0 Å². The fourth-order valence-corrected chi connectivity index (χ4v) is 3.06. The summed E-state index contributed by atoms with van der Waals surface area (Å²) in [6, 6.07) is 7.56. The van der Waals surface area contributed by atoms with E-state index in [1.807, 2.05) is 28.7 Å². The first kappa shape index (κ1) is 18.1. The van der Waals surface area contributed by atoms with Crippen LogP contribution in [-0.4, -0.2) is 31.6 Å². The molecule has 7 nitrogen and oxygen atoms in total. The maximum Gasteiger partial charge on any atom is 0.297 e. The van der Waals surface area contributed by atoms with E-state index in [0.717, 1.165) is 30.6 Å². The third-order valence-electron chi connectivity index (χ3n) is 4.40. The monoisotopic (exact) mass is 355 g/mol. The van der Waals surface area contributed by atoms with Gasteiger partial charge in [0, 0.05) is 13.0 Å². The van der Waals surface area contributed by atoms with Gasteiger partial charge in [0.05, 0.1) is 11.0 Å². The highest BCUT2D eigenvalue weighted by Gasteiger charge is 2.17. The average Bonchev–Trinajstić information content (AvgIpc) is 3.03. The molecule has 1 aromatic carbocycles. The van der Waals surface area contributed by atoms with Crippen molar-refractivity contribution in [2.45, 2.75) is 46.6 Å². The topological polar surface area (TPSA) is 81.3 Å². The van der Waals surface area contributed by atoms with E-state index in [1.54, 1.807) is 0 Å². The molecule has 0 unspecified atom stereocenters. The first-order valence-electron chi connectivity index (χ1n) is 9.15. The van der Waals surface area contributed by atoms with Crippen LogP contribution in [-0.2, 0) is 17.8 Å². The van der Waals surface area contributed by atoms with Crippen molar-refractivity contribution in [2.24, 2.45) is 5.92 Å². The number of carbonyl (C=O) groups is 1. The molecule has 138 valence electrons. The van der Waals surface area contributed by atoms with Crippen LogP contribution in [0.2, 0.25) is 0 Å². The number of nitrogens with zero attached hydrogens (tertiary/aromatic N) is 4. The molecular weight excluding hydrogens is 330 g/mol. The third kappa shape index (κ3) is 3.47. The largest absolute Gasteiger partial charge is 0.355 e. The van der Waals surface area contributed by atoms with Crippen LogP contribution in [0.5, 0.6) is 0 Å². The zero-order chi connectivity index (χ0) is 18.7. The van der Waals surface area contributed by atoms with E-state index in [4.69, 9.17) is 0 Å². The SMILES string of the molecule is CCCc1nnc2c(=O)n(CC(=O)NCCC(C)C)c3ccccc3n12. The number of aryl methyl sites for hydroxylation is 1. The Morgan fingerprint density at radius 2 is 1.92 bits per heavy atom. The molecule has 1 amide bonds. The van der Waals surface area contributed by atoms with Crippen molar-refractivity contribution in [1.29, 1.82) is 0 Å². The summed E-state index contributed by atoms with van der Waals surface area (Å²) in [4.78, 5) is 25.3. The second-order valence-electron chi connectivity index (χ2n) is 6.94. The zero-order valence-corrected chi connectivity index (χ0v) is 15.5. The summed E-state index contributed by atoms with van der Waals surface area (Å²) in [5.74, 6) is 1.11. The number of fused-ring (bicyclic) bond motifs is 3. The van der Waals surface area contributed by atoms with Gasteiger partial charge in [0.2, 0.25) is 11.6 Å². The molecule has 2 aromatic heterocycles. The van der Waals surface area contributed by atoms with E-state index < -0.39 is 0 Å². The number of hydrogen-bond acceptors (Lipinski definition) is 4. The van der Waals surface area contributed by atoms with Crippen LogP contribution in [0.3, 0.4) is 0 Å². The Morgan fingerprint density at radius 3 is 2.62 bits per heavy atom. The summed E-state index contributed by atoms with van der Waals surface area (Å²) in [7, 11) is 0. The minimum Gasteiger partial charge on any atom is -0.355 e. The van der Waals surface area contributed by atoms with E-state index in [1.165, 1.54) is 4.57 Å². The Morgan fingerprint density at radius 1 is 1.19 bits per heavy atom. The fraction of sp³-hybridized carbons (Fsp3) is 0.474. The summed E-state index contributed by atoms with van der Waals surface area (Å²) in [6.45, 7) is 6.86. The summed E-state index contributed by atoms with van der Waals surface area (Å²) < 4.78 is 3.30. The van der Waals surface area contributed by atoms with Gasteiger partial charge in [0.25, 0.3) is 5.56 Å². The Hall–Kier alpha value is -2.70. The highest BCUT2D eigenvalue weighted by Crippen LogP contribution is 2.16.